The van der Waals surface area contributed by atoms with Crippen molar-refractivity contribution in [2.45, 2.75) is 31.2 Å². The highest BCUT2D eigenvalue weighted by molar-refractivity contribution is 5.95. The summed E-state index contributed by atoms with van der Waals surface area (Å²) in [6.07, 6.45) is 8.22. The van der Waals surface area contributed by atoms with Crippen molar-refractivity contribution in [1.82, 2.24) is 19.7 Å². The Morgan fingerprint density at radius 2 is 2.19 bits per heavy atom. The van der Waals surface area contributed by atoms with Crippen LogP contribution >= 0.6 is 0 Å². The lowest BCUT2D eigenvalue weighted by Crippen LogP contribution is -2.20. The molecule has 1 spiro atoms. The highest BCUT2D eigenvalue weighted by Crippen LogP contribution is 2.61. The molecule has 0 unspecified atom stereocenters. The number of carbonyl (C=O) groups excluding carboxylic acids is 1. The summed E-state index contributed by atoms with van der Waals surface area (Å²) in [5.74, 6) is 0.421. The van der Waals surface area contributed by atoms with Crippen LogP contribution in [0.2, 0.25) is 0 Å². The second-order valence-corrected chi connectivity index (χ2v) is 7.19. The van der Waals surface area contributed by atoms with Crippen molar-refractivity contribution in [3.8, 4) is 0 Å². The number of amides is 1. The summed E-state index contributed by atoms with van der Waals surface area (Å²) in [5, 5.41) is 7.26. The maximum absolute atomic E-state index is 12.7. The lowest BCUT2D eigenvalue weighted by atomic mass is 9.95. The average molecular weight is 345 g/mol. The Balaban J connectivity index is 1.26. The van der Waals surface area contributed by atoms with Gasteiger partial charge in [0.25, 0.3) is 0 Å². The third-order valence-electron chi connectivity index (χ3n) is 5.62. The monoisotopic (exact) mass is 345 g/mol. The predicted octanol–water partition coefficient (Wildman–Crippen LogP) is 2.56. The van der Waals surface area contributed by atoms with Gasteiger partial charge in [-0.1, -0.05) is 30.3 Å². The first-order valence-electron chi connectivity index (χ1n) is 8.92. The van der Waals surface area contributed by atoms with Crippen LogP contribution in [0.25, 0.3) is 0 Å². The molecule has 6 nitrogen and oxygen atoms in total. The van der Waals surface area contributed by atoms with Crippen molar-refractivity contribution in [2.75, 3.05) is 5.32 Å². The number of aromatic nitrogens is 4. The molecule has 1 amide bonds. The fourth-order valence-corrected chi connectivity index (χ4v) is 4.24. The zero-order chi connectivity index (χ0) is 17.6. The van der Waals surface area contributed by atoms with Crippen LogP contribution in [0.5, 0.6) is 0 Å². The number of anilines is 1. The fourth-order valence-electron chi connectivity index (χ4n) is 4.24. The number of hydrogen-bond donors (Lipinski definition) is 1. The van der Waals surface area contributed by atoms with Gasteiger partial charge in [-0.05, 0) is 42.0 Å². The van der Waals surface area contributed by atoms with Gasteiger partial charge in [0.15, 0.2) is 0 Å². The van der Waals surface area contributed by atoms with Crippen LogP contribution in [0.3, 0.4) is 0 Å². The molecule has 0 bridgehead atoms. The number of rotatable bonds is 4. The summed E-state index contributed by atoms with van der Waals surface area (Å²) < 4.78 is 1.71. The van der Waals surface area contributed by atoms with E-state index in [-0.39, 0.29) is 17.2 Å². The molecule has 1 fully saturated rings. The number of pyridine rings is 1. The quantitative estimate of drug-likeness (QED) is 0.789. The highest BCUT2D eigenvalue weighted by Gasteiger charge is 2.61. The molecule has 2 heterocycles. The predicted molar refractivity (Wildman–Crippen MR) is 96.5 cm³/mol. The molecule has 0 radical (unpaired) electrons. The van der Waals surface area contributed by atoms with Crippen LogP contribution in [0.4, 0.5) is 5.95 Å². The van der Waals surface area contributed by atoms with E-state index in [1.807, 2.05) is 12.1 Å². The summed E-state index contributed by atoms with van der Waals surface area (Å²) in [7, 11) is 0. The fraction of sp³-hybridized carbons (Fsp3) is 0.300. The molecule has 0 aliphatic heterocycles. The van der Waals surface area contributed by atoms with Gasteiger partial charge >= 0.3 is 0 Å². The van der Waals surface area contributed by atoms with Crippen LogP contribution in [-0.4, -0.2) is 25.7 Å². The van der Waals surface area contributed by atoms with E-state index >= 15 is 0 Å². The van der Waals surface area contributed by atoms with Gasteiger partial charge in [-0.2, -0.15) is 0 Å². The maximum Gasteiger partial charge on any atom is 0.248 e. The van der Waals surface area contributed by atoms with Gasteiger partial charge < -0.3 is 0 Å². The molecule has 5 rings (SSSR count). The molecule has 3 aromatic rings. The van der Waals surface area contributed by atoms with Crippen LogP contribution in [-0.2, 0) is 23.2 Å². The minimum atomic E-state index is 0.0245. The van der Waals surface area contributed by atoms with Gasteiger partial charge in [0.2, 0.25) is 11.9 Å². The van der Waals surface area contributed by atoms with E-state index in [0.717, 1.165) is 24.8 Å². The van der Waals surface area contributed by atoms with Crippen molar-refractivity contribution < 1.29 is 4.79 Å². The van der Waals surface area contributed by atoms with Crippen molar-refractivity contribution in [1.29, 1.82) is 0 Å². The summed E-state index contributed by atoms with van der Waals surface area (Å²) in [6.45, 7) is 0.581. The molecule has 2 aliphatic rings. The molecule has 0 saturated heterocycles. The first-order valence-corrected chi connectivity index (χ1v) is 8.92. The Bertz CT molecular complexity index is 967. The average Bonchev–Trinajstić information content (AvgIpc) is 3.06. The number of nitrogens with zero attached hydrogens (tertiary/aromatic N) is 4. The van der Waals surface area contributed by atoms with Crippen molar-refractivity contribution >= 4 is 11.9 Å². The van der Waals surface area contributed by atoms with E-state index < -0.39 is 0 Å². The number of hydrogen-bond acceptors (Lipinski definition) is 4. The molecule has 2 aliphatic carbocycles. The van der Waals surface area contributed by atoms with E-state index in [9.17, 15) is 4.79 Å². The minimum absolute atomic E-state index is 0.0245. The van der Waals surface area contributed by atoms with Gasteiger partial charge in [-0.3, -0.25) is 15.1 Å². The lowest BCUT2D eigenvalue weighted by molar-refractivity contribution is -0.117. The van der Waals surface area contributed by atoms with Crippen LogP contribution in [0.15, 0.2) is 55.1 Å². The summed E-state index contributed by atoms with van der Waals surface area (Å²) >= 11 is 0. The van der Waals surface area contributed by atoms with Crippen molar-refractivity contribution in [2.24, 2.45) is 5.92 Å². The first kappa shape index (κ1) is 15.3. The Morgan fingerprint density at radius 1 is 1.27 bits per heavy atom. The Morgan fingerprint density at radius 3 is 3.08 bits per heavy atom. The summed E-state index contributed by atoms with van der Waals surface area (Å²) in [6, 6.07) is 12.4. The minimum Gasteiger partial charge on any atom is -0.293 e. The van der Waals surface area contributed by atoms with Gasteiger partial charge in [-0.15, -0.1) is 5.10 Å². The molecule has 26 heavy (non-hydrogen) atoms. The standard InChI is InChI=1S/C20H19N5O/c26-18(17-10-20(17)8-7-15-5-1-2-6-16(15)20)23-19-22-13-25(24-19)12-14-4-3-9-21-11-14/h1-6,9,11,13,17H,7-8,10,12H2,(H,23,24,26)/t17-,20-/m0/s1. The number of fused-ring (bicyclic) bond motifs is 2. The van der Waals surface area contributed by atoms with Gasteiger partial charge in [-0.25, -0.2) is 9.67 Å². The van der Waals surface area contributed by atoms with E-state index in [1.54, 1.807) is 23.4 Å². The molecule has 1 N–H and O–H groups in total. The molecule has 1 aromatic carbocycles. The highest BCUT2D eigenvalue weighted by atomic mass is 16.2. The van der Waals surface area contributed by atoms with E-state index in [4.69, 9.17) is 0 Å². The summed E-state index contributed by atoms with van der Waals surface area (Å²) in [5.41, 5.74) is 3.83. The zero-order valence-electron chi connectivity index (χ0n) is 14.3. The smallest absolute Gasteiger partial charge is 0.248 e. The normalized spacial score (nSPS) is 23.0. The van der Waals surface area contributed by atoms with E-state index in [0.29, 0.717) is 12.5 Å². The van der Waals surface area contributed by atoms with Crippen LogP contribution in [0, 0.1) is 5.92 Å². The zero-order valence-corrected chi connectivity index (χ0v) is 14.3. The van der Waals surface area contributed by atoms with Crippen LogP contribution < -0.4 is 5.32 Å². The maximum atomic E-state index is 12.7. The molecular weight excluding hydrogens is 326 g/mol. The van der Waals surface area contributed by atoms with Crippen molar-refractivity contribution in [3.63, 3.8) is 0 Å². The Hall–Kier alpha value is -3.02. The molecule has 130 valence electrons. The number of carbonyl (C=O) groups is 1. The second kappa shape index (κ2) is 5.76. The Labute approximate surface area is 151 Å². The Kier molecular flexibility index (Phi) is 3.38. The molecule has 2 aromatic heterocycles. The SMILES string of the molecule is O=C(Nc1ncn(Cc2cccnc2)n1)[C@@H]1C[C@]12CCc1ccccc12. The topological polar surface area (TPSA) is 72.7 Å². The number of benzene rings is 1. The summed E-state index contributed by atoms with van der Waals surface area (Å²) in [4.78, 5) is 21.0. The third kappa shape index (κ3) is 2.49. The first-order chi connectivity index (χ1) is 12.7. The van der Waals surface area contributed by atoms with E-state index in [2.05, 4.69) is 44.6 Å². The molecule has 6 heteroatoms. The molecule has 1 saturated carbocycles. The van der Waals surface area contributed by atoms with Crippen molar-refractivity contribution in [3.05, 3.63) is 71.8 Å². The van der Waals surface area contributed by atoms with Gasteiger partial charge in [0.05, 0.1) is 6.54 Å². The molecular formula is C20H19N5O. The lowest BCUT2D eigenvalue weighted by Gasteiger charge is -2.10. The largest absolute Gasteiger partial charge is 0.293 e. The number of nitrogens with one attached hydrogen (secondary N) is 1. The number of aryl methyl sites for hydroxylation is 1. The third-order valence-corrected chi connectivity index (χ3v) is 5.62. The van der Waals surface area contributed by atoms with Gasteiger partial charge in [0.1, 0.15) is 6.33 Å². The molecule has 2 atom stereocenters. The van der Waals surface area contributed by atoms with Gasteiger partial charge in [0, 0.05) is 23.7 Å². The van der Waals surface area contributed by atoms with E-state index in [1.165, 1.54) is 11.1 Å². The second-order valence-electron chi connectivity index (χ2n) is 7.19. The van der Waals surface area contributed by atoms with Crippen LogP contribution in [0.1, 0.15) is 29.5 Å².